The second-order valence-corrected chi connectivity index (χ2v) is 24.6. The third kappa shape index (κ3) is 12.8. The lowest BCUT2D eigenvalue weighted by Gasteiger charge is -2.34. The van der Waals surface area contributed by atoms with Gasteiger partial charge in [0.25, 0.3) is 0 Å². The number of rotatable bonds is 18. The first kappa shape index (κ1) is 66.1. The Labute approximate surface area is 568 Å². The van der Waals surface area contributed by atoms with Crippen molar-refractivity contribution in [2.24, 2.45) is 0 Å². The number of alkyl halides is 9. The van der Waals surface area contributed by atoms with Gasteiger partial charge in [-0.25, -0.2) is 15.0 Å². The molecule has 12 aromatic carbocycles. The van der Waals surface area contributed by atoms with Crippen LogP contribution >= 0.6 is 0 Å². The number of hydrogen-bond acceptors (Lipinski definition) is 6. The largest absolute Gasteiger partial charge is 0.402 e. The van der Waals surface area contributed by atoms with Crippen LogP contribution in [0.3, 0.4) is 0 Å². The van der Waals surface area contributed by atoms with Crippen LogP contribution in [0.1, 0.15) is 54.2 Å². The van der Waals surface area contributed by atoms with Crippen molar-refractivity contribution in [1.29, 1.82) is 0 Å². The third-order valence-electron chi connectivity index (χ3n) is 18.7. The average molecular weight is 1330 g/mol. The maximum absolute atomic E-state index is 15.8. The van der Waals surface area contributed by atoms with Crippen LogP contribution in [0.25, 0.3) is 34.2 Å². The van der Waals surface area contributed by atoms with E-state index in [2.05, 4.69) is 0 Å². The van der Waals surface area contributed by atoms with E-state index in [0.29, 0.717) is 17.1 Å². The normalized spacial score (nSPS) is 13.7. The van der Waals surface area contributed by atoms with Gasteiger partial charge in [-0.2, -0.15) is 39.5 Å². The molecule has 6 nitrogen and oxygen atoms in total. The molecule has 0 bridgehead atoms. The summed E-state index contributed by atoms with van der Waals surface area (Å²) in [6, 6.07) is 92.3. The van der Waals surface area contributed by atoms with Crippen LogP contribution in [-0.4, -0.2) is 33.5 Å². The molecule has 0 aliphatic rings. The molecule has 0 radical (unpaired) electrons. The molecule has 15 heteroatoms. The van der Waals surface area contributed by atoms with Crippen molar-refractivity contribution in [2.45, 2.75) is 55.5 Å². The molecular weight excluding hydrogens is 1260 g/mol. The number of nitrogens with zero attached hydrogens (tertiary/aromatic N) is 6. The minimum absolute atomic E-state index is 0.0306. The number of para-hydroxylation sites is 6. The monoisotopic (exact) mass is 1330 g/mol. The molecule has 0 aliphatic heterocycles. The SMILES string of the molecule is CC(c1ccc(-c2nc(-c3ccc(C(C)(c4ccc(N(c5ccccc5)c5ccccc5)cc4)C(F)(F)F)cc3)nc(-c3ccc(C(C)(c4ccc(N(c5ccccc5)c5ccccc5)cc4)C(F)(F)F)cc3)n2)cc1)(c1ccc(N(c2ccccc2)c2ccccc2)cc1)C(F)(F)F. The van der Waals surface area contributed by atoms with Gasteiger partial charge in [-0.15, -0.1) is 0 Å². The molecule has 1 aromatic heterocycles. The van der Waals surface area contributed by atoms with Crippen LogP contribution in [0.2, 0.25) is 0 Å². The first-order valence-electron chi connectivity index (χ1n) is 31.9. The molecule has 0 saturated carbocycles. The zero-order valence-corrected chi connectivity index (χ0v) is 53.8. The number of hydrogen-bond donors (Lipinski definition) is 0. The van der Waals surface area contributed by atoms with E-state index in [1.807, 2.05) is 197 Å². The van der Waals surface area contributed by atoms with Crippen molar-refractivity contribution in [3.8, 4) is 34.2 Å². The van der Waals surface area contributed by atoms with Crippen LogP contribution in [0.4, 0.5) is 90.7 Å². The summed E-state index contributed by atoms with van der Waals surface area (Å²) < 4.78 is 143. The van der Waals surface area contributed by atoms with E-state index >= 15 is 39.5 Å². The van der Waals surface area contributed by atoms with E-state index in [9.17, 15) is 0 Å². The first-order chi connectivity index (χ1) is 47.6. The lowest BCUT2D eigenvalue weighted by atomic mass is 9.75. The summed E-state index contributed by atoms with van der Waals surface area (Å²) in [5.41, 5.74) is -0.557. The fraction of sp³-hybridized carbons (Fsp3) is 0.107. The molecule has 3 atom stereocenters. The number of anilines is 9. The van der Waals surface area contributed by atoms with Gasteiger partial charge in [-0.1, -0.05) is 218 Å². The lowest BCUT2D eigenvalue weighted by Crippen LogP contribution is -2.40. The van der Waals surface area contributed by atoms with Gasteiger partial charge in [0, 0.05) is 67.9 Å². The Morgan fingerprint density at radius 2 is 0.333 bits per heavy atom. The molecule has 0 aliphatic carbocycles. The molecule has 0 fully saturated rings. The van der Waals surface area contributed by atoms with E-state index in [1.54, 1.807) is 36.4 Å². The molecular formula is C84H63F9N6. The summed E-state index contributed by atoms with van der Waals surface area (Å²) in [5, 5.41) is 0. The summed E-state index contributed by atoms with van der Waals surface area (Å²) in [6.07, 6.45) is -14.4. The number of aromatic nitrogens is 3. The van der Waals surface area contributed by atoms with Crippen LogP contribution < -0.4 is 14.7 Å². The fourth-order valence-electron chi connectivity index (χ4n) is 12.7. The zero-order valence-electron chi connectivity index (χ0n) is 53.8. The predicted molar refractivity (Wildman–Crippen MR) is 377 cm³/mol. The zero-order chi connectivity index (χ0) is 69.2. The van der Waals surface area contributed by atoms with Gasteiger partial charge < -0.3 is 14.7 Å². The van der Waals surface area contributed by atoms with E-state index in [1.165, 1.54) is 109 Å². The van der Waals surface area contributed by atoms with E-state index in [-0.39, 0.29) is 67.5 Å². The van der Waals surface area contributed by atoms with Gasteiger partial charge in [-0.3, -0.25) is 0 Å². The molecule has 0 N–H and O–H groups in total. The summed E-state index contributed by atoms with van der Waals surface area (Å²) in [7, 11) is 0. The Kier molecular flexibility index (Phi) is 17.9. The Hall–Kier alpha value is -11.6. The molecule has 0 spiro atoms. The van der Waals surface area contributed by atoms with Crippen molar-refractivity contribution >= 4 is 51.2 Å². The Bertz CT molecular complexity index is 4220. The molecule has 13 aromatic rings. The summed E-state index contributed by atoms with van der Waals surface area (Å²) >= 11 is 0. The molecule has 492 valence electrons. The quantitative estimate of drug-likeness (QED) is 0.0798. The van der Waals surface area contributed by atoms with Crippen molar-refractivity contribution in [2.75, 3.05) is 14.7 Å². The van der Waals surface area contributed by atoms with Crippen LogP contribution in [0.15, 0.2) is 328 Å². The Morgan fingerprint density at radius 1 is 0.192 bits per heavy atom. The van der Waals surface area contributed by atoms with Crippen LogP contribution in [0, 0.1) is 0 Å². The Morgan fingerprint density at radius 3 is 0.485 bits per heavy atom. The predicted octanol–water partition coefficient (Wildman–Crippen LogP) is 23.9. The molecule has 3 unspecified atom stereocenters. The minimum atomic E-state index is -4.81. The summed E-state index contributed by atoms with van der Waals surface area (Å²) in [5.74, 6) is -0.0966. The number of benzene rings is 12. The molecule has 1 heterocycles. The average Bonchev–Trinajstić information content (AvgIpc) is 0.761. The number of halogens is 9. The maximum atomic E-state index is 15.8. The van der Waals surface area contributed by atoms with Gasteiger partial charge in [0.05, 0.1) is 0 Å². The second-order valence-electron chi connectivity index (χ2n) is 24.6. The summed E-state index contributed by atoms with van der Waals surface area (Å²) in [6.45, 7) is 3.35. The van der Waals surface area contributed by atoms with E-state index in [0.717, 1.165) is 54.9 Å². The second kappa shape index (κ2) is 26.8. The molecule has 99 heavy (non-hydrogen) atoms. The standard InChI is InChI=1S/C84H63F9N6/c1-79(82(85,86)87,64-46-52-73(53-47-64)97(67-22-10-4-11-23-67)68-24-12-5-13-25-68)61-40-34-58(35-41-61)76-94-77(59-36-42-62(43-37-59)80(2,83(88,89)90)65-48-54-74(55-49-65)98(69-26-14-6-15-27-69)70-28-16-7-17-29-70)96-78(95-76)60-38-44-63(45-39-60)81(3,84(91,92)93)66-50-56-75(57-51-66)99(71-30-18-8-19-31-71)72-32-20-9-21-33-72/h4-57H,1-3H3. The highest BCUT2D eigenvalue weighted by atomic mass is 19.4. The van der Waals surface area contributed by atoms with Crippen molar-refractivity contribution in [3.63, 3.8) is 0 Å². The molecule has 0 saturated heterocycles. The van der Waals surface area contributed by atoms with Gasteiger partial charge in [0.15, 0.2) is 17.5 Å². The van der Waals surface area contributed by atoms with Gasteiger partial charge >= 0.3 is 18.5 Å². The highest BCUT2D eigenvalue weighted by Gasteiger charge is 2.56. The highest BCUT2D eigenvalue weighted by Crippen LogP contribution is 2.51. The minimum Gasteiger partial charge on any atom is -0.311 e. The highest BCUT2D eigenvalue weighted by molar-refractivity contribution is 5.80. The van der Waals surface area contributed by atoms with Crippen LogP contribution in [0.5, 0.6) is 0 Å². The van der Waals surface area contributed by atoms with Crippen molar-refractivity contribution < 1.29 is 39.5 Å². The van der Waals surface area contributed by atoms with E-state index in [4.69, 9.17) is 15.0 Å². The van der Waals surface area contributed by atoms with Crippen LogP contribution in [-0.2, 0) is 16.2 Å². The lowest BCUT2D eigenvalue weighted by molar-refractivity contribution is -0.173. The smallest absolute Gasteiger partial charge is 0.311 e. The van der Waals surface area contributed by atoms with Crippen molar-refractivity contribution in [3.05, 3.63) is 361 Å². The van der Waals surface area contributed by atoms with Gasteiger partial charge in [0.1, 0.15) is 16.2 Å². The first-order valence-corrected chi connectivity index (χ1v) is 31.9. The van der Waals surface area contributed by atoms with Crippen molar-refractivity contribution in [1.82, 2.24) is 15.0 Å². The van der Waals surface area contributed by atoms with E-state index < -0.39 is 34.8 Å². The molecule has 0 amide bonds. The fourth-order valence-corrected chi connectivity index (χ4v) is 12.7. The topological polar surface area (TPSA) is 48.4 Å². The Balaban J connectivity index is 0.870. The maximum Gasteiger partial charge on any atom is 0.402 e. The molecule has 13 rings (SSSR count). The third-order valence-corrected chi connectivity index (χ3v) is 18.7. The van der Waals surface area contributed by atoms with Gasteiger partial charge in [-0.05, 0) is 163 Å². The summed E-state index contributed by atoms with van der Waals surface area (Å²) in [4.78, 5) is 20.3. The van der Waals surface area contributed by atoms with Gasteiger partial charge in [0.2, 0.25) is 0 Å².